The van der Waals surface area contributed by atoms with Crippen molar-refractivity contribution in [2.24, 2.45) is 0 Å². The fourth-order valence-corrected chi connectivity index (χ4v) is 3.86. The van der Waals surface area contributed by atoms with E-state index < -0.39 is 0 Å². The molecule has 0 saturated carbocycles. The summed E-state index contributed by atoms with van der Waals surface area (Å²) in [6.45, 7) is 12.5. The van der Waals surface area contributed by atoms with Crippen molar-refractivity contribution in [1.29, 1.82) is 0 Å². The third-order valence-electron chi connectivity index (χ3n) is 5.02. The fourth-order valence-electron chi connectivity index (χ4n) is 3.86. The highest BCUT2D eigenvalue weighted by atomic mass is 16.5. The topological polar surface area (TPSA) is 52.6 Å². The largest absolute Gasteiger partial charge is 0.462 e. The van der Waals surface area contributed by atoms with Crippen molar-refractivity contribution in [2.45, 2.75) is 60.8 Å². The van der Waals surface area contributed by atoms with Gasteiger partial charge >= 0.3 is 11.9 Å². The van der Waals surface area contributed by atoms with Gasteiger partial charge in [0.25, 0.3) is 0 Å². The van der Waals surface area contributed by atoms with Gasteiger partial charge in [-0.2, -0.15) is 0 Å². The molecule has 2 aromatic rings. The van der Waals surface area contributed by atoms with E-state index in [9.17, 15) is 9.59 Å². The van der Waals surface area contributed by atoms with Crippen molar-refractivity contribution in [3.63, 3.8) is 0 Å². The van der Waals surface area contributed by atoms with E-state index in [4.69, 9.17) is 9.47 Å². The molecule has 0 aliphatic rings. The summed E-state index contributed by atoms with van der Waals surface area (Å²) < 4.78 is 10.8. The first-order valence-electron chi connectivity index (χ1n) is 10.2. The Balaban J connectivity index is 1.70. The number of aryl methyl sites for hydroxylation is 6. The Morgan fingerprint density at radius 1 is 0.586 bits per heavy atom. The minimum Gasteiger partial charge on any atom is -0.462 e. The number of hydrogen-bond donors (Lipinski definition) is 0. The Bertz CT molecular complexity index is 776. The molecule has 0 amide bonds. The number of hydrogen-bond acceptors (Lipinski definition) is 4. The lowest BCUT2D eigenvalue weighted by molar-refractivity contribution is 0.0476. The molecule has 0 spiro atoms. The molecule has 4 heteroatoms. The fraction of sp³-hybridized carbons (Fsp3) is 0.440. The molecular weight excluding hydrogens is 364 g/mol. The third kappa shape index (κ3) is 6.18. The first-order chi connectivity index (χ1) is 13.7. The van der Waals surface area contributed by atoms with Crippen LogP contribution in [0, 0.1) is 41.5 Å². The minimum atomic E-state index is -0.267. The van der Waals surface area contributed by atoms with Gasteiger partial charge in [-0.1, -0.05) is 35.4 Å². The standard InChI is InChI=1S/C25H32O4/c1-16-12-18(3)22(19(4)13-16)24(26)28-10-8-7-9-11-29-25(27)23-20(5)14-17(2)15-21(23)6/h12-15H,7-11H2,1-6H3. The molecule has 2 rings (SSSR count). The molecule has 0 aliphatic heterocycles. The van der Waals surface area contributed by atoms with E-state index in [0.29, 0.717) is 24.3 Å². The second-order valence-corrected chi connectivity index (χ2v) is 7.88. The SMILES string of the molecule is Cc1cc(C)c(C(=O)OCCCCCOC(=O)c2c(C)cc(C)cc2C)c(C)c1. The van der Waals surface area contributed by atoms with Gasteiger partial charge in [-0.3, -0.25) is 0 Å². The minimum absolute atomic E-state index is 0.267. The summed E-state index contributed by atoms with van der Waals surface area (Å²) in [7, 11) is 0. The Labute approximate surface area is 174 Å². The van der Waals surface area contributed by atoms with E-state index in [0.717, 1.165) is 52.6 Å². The maximum absolute atomic E-state index is 12.3. The smallest absolute Gasteiger partial charge is 0.338 e. The first-order valence-corrected chi connectivity index (χ1v) is 10.2. The summed E-state index contributed by atoms with van der Waals surface area (Å²) in [5, 5.41) is 0. The molecule has 0 heterocycles. The molecule has 4 nitrogen and oxygen atoms in total. The van der Waals surface area contributed by atoms with E-state index in [1.54, 1.807) is 0 Å². The van der Waals surface area contributed by atoms with Crippen LogP contribution >= 0.6 is 0 Å². The maximum Gasteiger partial charge on any atom is 0.338 e. The van der Waals surface area contributed by atoms with Gasteiger partial charge in [0.15, 0.2) is 0 Å². The van der Waals surface area contributed by atoms with E-state index in [1.807, 2.05) is 65.8 Å². The summed E-state index contributed by atoms with van der Waals surface area (Å²) in [5.74, 6) is -0.534. The molecule has 29 heavy (non-hydrogen) atoms. The molecule has 0 bridgehead atoms. The molecule has 0 N–H and O–H groups in total. The van der Waals surface area contributed by atoms with Gasteiger partial charge in [-0.05, 0) is 83.1 Å². The highest BCUT2D eigenvalue weighted by Crippen LogP contribution is 2.19. The lowest BCUT2D eigenvalue weighted by Crippen LogP contribution is -2.12. The van der Waals surface area contributed by atoms with Crippen LogP contribution in [0.3, 0.4) is 0 Å². The van der Waals surface area contributed by atoms with Crippen LogP contribution in [0.15, 0.2) is 24.3 Å². The zero-order chi connectivity index (χ0) is 21.6. The molecule has 0 unspecified atom stereocenters. The number of rotatable bonds is 8. The van der Waals surface area contributed by atoms with Crippen LogP contribution in [0.2, 0.25) is 0 Å². The molecule has 2 aromatic carbocycles. The average Bonchev–Trinajstić information content (AvgIpc) is 2.59. The number of carbonyl (C=O) groups excluding carboxylic acids is 2. The van der Waals surface area contributed by atoms with Crippen molar-refractivity contribution >= 4 is 11.9 Å². The van der Waals surface area contributed by atoms with Crippen molar-refractivity contribution in [1.82, 2.24) is 0 Å². The Morgan fingerprint density at radius 2 is 0.897 bits per heavy atom. The molecule has 0 radical (unpaired) electrons. The van der Waals surface area contributed by atoms with E-state index in [1.165, 1.54) is 0 Å². The second-order valence-electron chi connectivity index (χ2n) is 7.88. The molecule has 0 aliphatic carbocycles. The van der Waals surface area contributed by atoms with Gasteiger partial charge < -0.3 is 9.47 Å². The highest BCUT2D eigenvalue weighted by molar-refractivity contribution is 5.93. The normalized spacial score (nSPS) is 10.7. The zero-order valence-electron chi connectivity index (χ0n) is 18.5. The summed E-state index contributed by atoms with van der Waals surface area (Å²) in [5.41, 5.74) is 7.38. The summed E-state index contributed by atoms with van der Waals surface area (Å²) in [6, 6.07) is 7.98. The zero-order valence-corrected chi connectivity index (χ0v) is 18.5. The van der Waals surface area contributed by atoms with E-state index in [2.05, 4.69) is 0 Å². The maximum atomic E-state index is 12.3. The molecule has 156 valence electrons. The molecule has 0 aromatic heterocycles. The molecule has 0 fully saturated rings. The average molecular weight is 397 g/mol. The number of ether oxygens (including phenoxy) is 2. The molecule has 0 atom stereocenters. The molecular formula is C25H32O4. The van der Waals surface area contributed by atoms with Crippen LogP contribution in [0.4, 0.5) is 0 Å². The van der Waals surface area contributed by atoms with Crippen LogP contribution in [-0.4, -0.2) is 25.2 Å². The highest BCUT2D eigenvalue weighted by Gasteiger charge is 2.15. The summed E-state index contributed by atoms with van der Waals surface area (Å²) in [4.78, 5) is 24.7. The van der Waals surface area contributed by atoms with Crippen molar-refractivity contribution in [3.8, 4) is 0 Å². The quantitative estimate of drug-likeness (QED) is 0.423. The number of unbranched alkanes of at least 4 members (excludes halogenated alkanes) is 2. The van der Waals surface area contributed by atoms with Crippen molar-refractivity contribution in [2.75, 3.05) is 13.2 Å². The first kappa shape index (κ1) is 22.7. The van der Waals surface area contributed by atoms with Gasteiger partial charge in [0.05, 0.1) is 24.3 Å². The van der Waals surface area contributed by atoms with Crippen LogP contribution < -0.4 is 0 Å². The van der Waals surface area contributed by atoms with Gasteiger partial charge in [0.2, 0.25) is 0 Å². The summed E-state index contributed by atoms with van der Waals surface area (Å²) >= 11 is 0. The number of carbonyl (C=O) groups is 2. The Kier molecular flexibility index (Phi) is 8.00. The Hall–Kier alpha value is -2.62. The number of benzene rings is 2. The van der Waals surface area contributed by atoms with Gasteiger partial charge in [0.1, 0.15) is 0 Å². The predicted octanol–water partition coefficient (Wildman–Crippen LogP) is 5.72. The van der Waals surface area contributed by atoms with Crippen LogP contribution in [-0.2, 0) is 9.47 Å². The van der Waals surface area contributed by atoms with Crippen molar-refractivity contribution in [3.05, 3.63) is 68.8 Å². The summed E-state index contributed by atoms with van der Waals surface area (Å²) in [6.07, 6.45) is 2.32. The molecule has 0 saturated heterocycles. The van der Waals surface area contributed by atoms with E-state index >= 15 is 0 Å². The predicted molar refractivity (Wildman–Crippen MR) is 116 cm³/mol. The lowest BCUT2D eigenvalue weighted by atomic mass is 10.00. The van der Waals surface area contributed by atoms with Gasteiger partial charge in [-0.15, -0.1) is 0 Å². The van der Waals surface area contributed by atoms with Crippen LogP contribution in [0.25, 0.3) is 0 Å². The lowest BCUT2D eigenvalue weighted by Gasteiger charge is -2.12. The van der Waals surface area contributed by atoms with Crippen LogP contribution in [0.1, 0.15) is 73.4 Å². The van der Waals surface area contributed by atoms with Gasteiger partial charge in [0, 0.05) is 0 Å². The van der Waals surface area contributed by atoms with Crippen molar-refractivity contribution < 1.29 is 19.1 Å². The van der Waals surface area contributed by atoms with Gasteiger partial charge in [-0.25, -0.2) is 9.59 Å². The van der Waals surface area contributed by atoms with Crippen LogP contribution in [0.5, 0.6) is 0 Å². The second kappa shape index (κ2) is 10.2. The Morgan fingerprint density at radius 3 is 1.21 bits per heavy atom. The third-order valence-corrected chi connectivity index (χ3v) is 5.02. The number of esters is 2. The monoisotopic (exact) mass is 396 g/mol. The van der Waals surface area contributed by atoms with E-state index in [-0.39, 0.29) is 11.9 Å².